The minimum absolute atomic E-state index is 1.10. The molecule has 0 saturated heterocycles. The Kier molecular flexibility index (Phi) is 5.67. The van der Waals surface area contributed by atoms with E-state index in [4.69, 9.17) is 0 Å². The van der Waals surface area contributed by atoms with E-state index in [9.17, 15) is 0 Å². The van der Waals surface area contributed by atoms with Gasteiger partial charge in [0.25, 0.3) is 0 Å². The summed E-state index contributed by atoms with van der Waals surface area (Å²) in [5.41, 5.74) is 9.20. The van der Waals surface area contributed by atoms with Crippen LogP contribution in [0.2, 0.25) is 0 Å². The zero-order valence-electron chi connectivity index (χ0n) is 14.0. The van der Waals surface area contributed by atoms with Crippen molar-refractivity contribution in [3.8, 4) is 0 Å². The summed E-state index contributed by atoms with van der Waals surface area (Å²) in [7, 11) is 1.10. The maximum atomic E-state index is 2.30. The highest BCUT2D eigenvalue weighted by molar-refractivity contribution is 6.69. The smallest absolute Gasteiger partial charge is 0.0723 e. The highest BCUT2D eigenvalue weighted by Crippen LogP contribution is 2.08. The van der Waals surface area contributed by atoms with Gasteiger partial charge in [0.15, 0.2) is 7.28 Å². The Balaban J connectivity index is 2.52. The molecule has 0 atom stereocenters. The van der Waals surface area contributed by atoms with Gasteiger partial charge in [0.1, 0.15) is 0 Å². The average Bonchev–Trinajstić information content (AvgIpc) is 2.55. The molecule has 0 aliphatic carbocycles. The van der Waals surface area contributed by atoms with Crippen molar-refractivity contribution < 1.29 is 0 Å². The summed E-state index contributed by atoms with van der Waals surface area (Å²) in [6.45, 7) is 9.07. The van der Waals surface area contributed by atoms with Crippen molar-refractivity contribution in [2.75, 3.05) is 0 Å². The fourth-order valence-electron chi connectivity index (χ4n) is 3.33. The standard InChI is InChI=1S/C20H27B/c1-5-15-11-9-12-16(6-2)19(15)21-20-17(7-3)13-10-14-18(20)8-4/h9-14,21H,5-8H2,1-4H3. The maximum Gasteiger partial charge on any atom is 0.193 e. The van der Waals surface area contributed by atoms with Gasteiger partial charge in [-0.2, -0.15) is 0 Å². The van der Waals surface area contributed by atoms with Crippen molar-refractivity contribution in [1.82, 2.24) is 0 Å². The number of aryl methyl sites for hydroxylation is 4. The first-order chi connectivity index (χ1) is 10.2. The van der Waals surface area contributed by atoms with Gasteiger partial charge in [0.2, 0.25) is 0 Å². The molecule has 2 aromatic rings. The first-order valence-corrected chi connectivity index (χ1v) is 8.44. The predicted molar refractivity (Wildman–Crippen MR) is 96.8 cm³/mol. The largest absolute Gasteiger partial charge is 0.193 e. The summed E-state index contributed by atoms with van der Waals surface area (Å²) in [6, 6.07) is 13.6. The lowest BCUT2D eigenvalue weighted by Gasteiger charge is -2.17. The van der Waals surface area contributed by atoms with Crippen LogP contribution in [0.3, 0.4) is 0 Å². The van der Waals surface area contributed by atoms with Gasteiger partial charge >= 0.3 is 0 Å². The fraction of sp³-hybridized carbons (Fsp3) is 0.400. The highest BCUT2D eigenvalue weighted by atomic mass is 14.1. The molecule has 0 spiro atoms. The lowest BCUT2D eigenvalue weighted by Crippen LogP contribution is -2.36. The molecule has 0 aliphatic heterocycles. The van der Waals surface area contributed by atoms with Crippen molar-refractivity contribution in [2.24, 2.45) is 0 Å². The second-order valence-corrected chi connectivity index (χ2v) is 5.70. The molecule has 0 nitrogen and oxygen atoms in total. The molecule has 0 radical (unpaired) electrons. The summed E-state index contributed by atoms with van der Waals surface area (Å²) in [5, 5.41) is 0. The van der Waals surface area contributed by atoms with Crippen molar-refractivity contribution in [2.45, 2.75) is 53.4 Å². The van der Waals surface area contributed by atoms with Gasteiger partial charge in [0.05, 0.1) is 0 Å². The molecule has 21 heavy (non-hydrogen) atoms. The second-order valence-electron chi connectivity index (χ2n) is 5.70. The molecule has 0 bridgehead atoms. The zero-order chi connectivity index (χ0) is 15.2. The van der Waals surface area contributed by atoms with Crippen LogP contribution in [0.1, 0.15) is 49.9 Å². The third-order valence-corrected chi connectivity index (χ3v) is 4.62. The van der Waals surface area contributed by atoms with Gasteiger partial charge in [-0.25, -0.2) is 0 Å². The summed E-state index contributed by atoms with van der Waals surface area (Å²) < 4.78 is 0. The van der Waals surface area contributed by atoms with Crippen LogP contribution in [0.25, 0.3) is 0 Å². The molecular formula is C20H27B. The molecule has 2 rings (SSSR count). The van der Waals surface area contributed by atoms with E-state index in [1.165, 1.54) is 22.3 Å². The minimum Gasteiger partial charge on any atom is -0.0723 e. The van der Waals surface area contributed by atoms with E-state index in [2.05, 4.69) is 64.1 Å². The van der Waals surface area contributed by atoms with Crippen LogP contribution < -0.4 is 10.9 Å². The van der Waals surface area contributed by atoms with Gasteiger partial charge in [-0.15, -0.1) is 0 Å². The molecule has 0 amide bonds. The van der Waals surface area contributed by atoms with E-state index in [-0.39, 0.29) is 0 Å². The van der Waals surface area contributed by atoms with Crippen molar-refractivity contribution in [1.29, 1.82) is 0 Å². The first kappa shape index (κ1) is 15.9. The maximum absolute atomic E-state index is 2.30. The van der Waals surface area contributed by atoms with Crippen molar-refractivity contribution in [3.05, 3.63) is 58.7 Å². The lowest BCUT2D eigenvalue weighted by atomic mass is 9.57. The molecular weight excluding hydrogens is 251 g/mol. The van der Waals surface area contributed by atoms with Crippen LogP contribution in [-0.4, -0.2) is 7.28 Å². The van der Waals surface area contributed by atoms with E-state index in [0.717, 1.165) is 33.0 Å². The topological polar surface area (TPSA) is 0 Å². The van der Waals surface area contributed by atoms with Crippen molar-refractivity contribution >= 4 is 18.2 Å². The Bertz CT molecular complexity index is 501. The summed E-state index contributed by atoms with van der Waals surface area (Å²) in [4.78, 5) is 0. The summed E-state index contributed by atoms with van der Waals surface area (Å²) in [6.07, 6.45) is 4.50. The number of hydrogen-bond acceptors (Lipinski definition) is 0. The van der Waals surface area contributed by atoms with E-state index in [0.29, 0.717) is 0 Å². The molecule has 0 N–H and O–H groups in total. The quantitative estimate of drug-likeness (QED) is 0.711. The van der Waals surface area contributed by atoms with Gasteiger partial charge in [-0.3, -0.25) is 0 Å². The Labute approximate surface area is 130 Å². The molecule has 110 valence electrons. The van der Waals surface area contributed by atoms with Crippen LogP contribution >= 0.6 is 0 Å². The van der Waals surface area contributed by atoms with E-state index >= 15 is 0 Å². The third kappa shape index (κ3) is 3.40. The number of benzene rings is 2. The van der Waals surface area contributed by atoms with E-state index in [1.807, 2.05) is 0 Å². The average molecular weight is 278 g/mol. The first-order valence-electron chi connectivity index (χ1n) is 8.44. The normalized spacial score (nSPS) is 10.7. The third-order valence-electron chi connectivity index (χ3n) is 4.62. The molecule has 2 aromatic carbocycles. The molecule has 0 aromatic heterocycles. The highest BCUT2D eigenvalue weighted by Gasteiger charge is 2.13. The van der Waals surface area contributed by atoms with Crippen molar-refractivity contribution in [3.63, 3.8) is 0 Å². The molecule has 0 saturated carbocycles. The Hall–Kier alpha value is -1.50. The lowest BCUT2D eigenvalue weighted by molar-refractivity contribution is 1.10. The molecule has 1 heteroatoms. The van der Waals surface area contributed by atoms with Gasteiger partial charge in [0, 0.05) is 0 Å². The Morgan fingerprint density at radius 1 is 0.571 bits per heavy atom. The van der Waals surface area contributed by atoms with E-state index in [1.54, 1.807) is 10.9 Å². The van der Waals surface area contributed by atoms with Crippen LogP contribution in [0.5, 0.6) is 0 Å². The van der Waals surface area contributed by atoms with Crippen LogP contribution in [0, 0.1) is 0 Å². The Morgan fingerprint density at radius 3 is 1.10 bits per heavy atom. The molecule has 0 aliphatic rings. The van der Waals surface area contributed by atoms with Crippen LogP contribution in [0.15, 0.2) is 36.4 Å². The minimum atomic E-state index is 1.10. The summed E-state index contributed by atoms with van der Waals surface area (Å²) >= 11 is 0. The molecule has 0 unspecified atom stereocenters. The zero-order valence-corrected chi connectivity index (χ0v) is 14.0. The predicted octanol–water partition coefficient (Wildman–Crippen LogP) is 3.32. The van der Waals surface area contributed by atoms with Crippen LogP contribution in [0.4, 0.5) is 0 Å². The number of rotatable bonds is 6. The van der Waals surface area contributed by atoms with E-state index < -0.39 is 0 Å². The number of hydrogen-bond donors (Lipinski definition) is 0. The van der Waals surface area contributed by atoms with Gasteiger partial charge < -0.3 is 0 Å². The van der Waals surface area contributed by atoms with Gasteiger partial charge in [-0.1, -0.05) is 97.3 Å². The fourth-order valence-corrected chi connectivity index (χ4v) is 3.33. The second kappa shape index (κ2) is 7.50. The SMILES string of the molecule is CCc1cccc(CC)c1Bc1c(CC)cccc1CC. The monoisotopic (exact) mass is 278 g/mol. The summed E-state index contributed by atoms with van der Waals surface area (Å²) in [5.74, 6) is 0. The van der Waals surface area contributed by atoms with Crippen LogP contribution in [-0.2, 0) is 25.7 Å². The Morgan fingerprint density at radius 2 is 0.857 bits per heavy atom. The van der Waals surface area contributed by atoms with Gasteiger partial charge in [-0.05, 0) is 25.7 Å². The molecule has 0 fully saturated rings. The molecule has 0 heterocycles.